The lowest BCUT2D eigenvalue weighted by atomic mass is 10.1. The van der Waals surface area contributed by atoms with Crippen LogP contribution in [-0.2, 0) is 10.0 Å². The van der Waals surface area contributed by atoms with Crippen molar-refractivity contribution in [1.29, 1.82) is 0 Å². The van der Waals surface area contributed by atoms with Gasteiger partial charge in [-0.25, -0.2) is 13.6 Å². The second-order valence-electron chi connectivity index (χ2n) is 3.88. The normalized spacial score (nSPS) is 26.1. The topological polar surface area (TPSA) is 60.2 Å². The number of hydrogen-bond acceptors (Lipinski definition) is 2. The van der Waals surface area contributed by atoms with Crippen LogP contribution in [0.3, 0.4) is 0 Å². The first-order valence-electron chi connectivity index (χ1n) is 4.56. The number of benzene rings is 1. The maximum Gasteiger partial charge on any atom is 0.212 e. The summed E-state index contributed by atoms with van der Waals surface area (Å²) < 4.78 is 22.0. The molecule has 3 nitrogen and oxygen atoms in total. The average Bonchev–Trinajstić information content (AvgIpc) is 2.83. The van der Waals surface area contributed by atoms with Gasteiger partial charge in [0.2, 0.25) is 10.0 Å². The lowest BCUT2D eigenvalue weighted by molar-refractivity contribution is 0.595. The van der Waals surface area contributed by atoms with Crippen LogP contribution < -0.4 is 5.14 Å². The Hall–Kier alpha value is -0.870. The van der Waals surface area contributed by atoms with Crippen LogP contribution in [0.1, 0.15) is 23.5 Å². The Labute approximate surface area is 84.0 Å². The Morgan fingerprint density at radius 3 is 2.29 bits per heavy atom. The van der Waals surface area contributed by atoms with Crippen LogP contribution in [-0.4, -0.2) is 13.7 Å². The minimum Gasteiger partial charge on any atom is -0.228 e. The van der Waals surface area contributed by atoms with Gasteiger partial charge < -0.3 is 0 Å². The number of hydrogen-bond donors (Lipinski definition) is 1. The fourth-order valence-electron chi connectivity index (χ4n) is 1.70. The van der Waals surface area contributed by atoms with Crippen LogP contribution in [0.5, 0.6) is 0 Å². The largest absolute Gasteiger partial charge is 0.228 e. The zero-order chi connectivity index (χ0) is 10.3. The molecule has 4 heteroatoms. The Kier molecular flexibility index (Phi) is 2.12. The second kappa shape index (κ2) is 3.07. The summed E-state index contributed by atoms with van der Waals surface area (Å²) in [5.41, 5.74) is 2.26. The number of sulfonamides is 1. The first-order valence-corrected chi connectivity index (χ1v) is 6.17. The summed E-state index contributed by atoms with van der Waals surface area (Å²) >= 11 is 0. The molecule has 0 aromatic heterocycles. The molecule has 1 aromatic rings. The predicted molar refractivity (Wildman–Crippen MR) is 55.4 cm³/mol. The summed E-state index contributed by atoms with van der Waals surface area (Å²) in [7, 11) is -3.34. The molecule has 0 spiro atoms. The van der Waals surface area contributed by atoms with E-state index < -0.39 is 10.0 Å². The smallest absolute Gasteiger partial charge is 0.212 e. The maximum absolute atomic E-state index is 11.0. The number of rotatable bonds is 2. The molecule has 2 rings (SSSR count). The van der Waals surface area contributed by atoms with Gasteiger partial charge in [-0.05, 0) is 18.9 Å². The van der Waals surface area contributed by atoms with Crippen molar-refractivity contribution in [2.45, 2.75) is 24.5 Å². The third kappa shape index (κ3) is 1.81. The predicted octanol–water partition coefficient (Wildman–Crippen LogP) is 1.14. The molecule has 2 atom stereocenters. The molecule has 0 aliphatic heterocycles. The number of nitrogens with two attached hydrogens (primary N) is 1. The molecule has 2 N–H and O–H groups in total. The molecule has 0 amide bonds. The van der Waals surface area contributed by atoms with Crippen LogP contribution in [0.25, 0.3) is 0 Å². The van der Waals surface area contributed by atoms with Crippen molar-refractivity contribution in [3.05, 3.63) is 35.4 Å². The third-order valence-corrected chi connectivity index (χ3v) is 4.02. The van der Waals surface area contributed by atoms with E-state index in [1.807, 2.05) is 31.2 Å². The highest BCUT2D eigenvalue weighted by atomic mass is 32.2. The highest BCUT2D eigenvalue weighted by Crippen LogP contribution is 2.44. The summed E-state index contributed by atoms with van der Waals surface area (Å²) in [4.78, 5) is 0. The summed E-state index contributed by atoms with van der Waals surface area (Å²) in [6.07, 6.45) is 0.669. The minimum atomic E-state index is -3.34. The van der Waals surface area contributed by atoms with E-state index >= 15 is 0 Å². The number of aryl methyl sites for hydroxylation is 1. The summed E-state index contributed by atoms with van der Waals surface area (Å²) in [6.45, 7) is 2.01. The lowest BCUT2D eigenvalue weighted by Gasteiger charge is -1.99. The monoisotopic (exact) mass is 211 g/mol. The van der Waals surface area contributed by atoms with E-state index in [1.54, 1.807) is 0 Å². The van der Waals surface area contributed by atoms with Gasteiger partial charge in [0, 0.05) is 5.92 Å². The van der Waals surface area contributed by atoms with Crippen LogP contribution in [0.15, 0.2) is 24.3 Å². The van der Waals surface area contributed by atoms with Crippen LogP contribution in [0.2, 0.25) is 0 Å². The van der Waals surface area contributed by atoms with Crippen LogP contribution >= 0.6 is 0 Å². The molecule has 0 heterocycles. The van der Waals surface area contributed by atoms with Crippen molar-refractivity contribution >= 4 is 10.0 Å². The van der Waals surface area contributed by atoms with Gasteiger partial charge in [-0.3, -0.25) is 0 Å². The van der Waals surface area contributed by atoms with E-state index in [0.717, 1.165) is 5.56 Å². The van der Waals surface area contributed by atoms with Crippen molar-refractivity contribution in [2.75, 3.05) is 0 Å². The SMILES string of the molecule is Cc1ccc([C@@H]2C[C@H]2S(N)(=O)=O)cc1. The lowest BCUT2D eigenvalue weighted by Crippen LogP contribution is -2.18. The third-order valence-electron chi connectivity index (χ3n) is 2.66. The molecule has 14 heavy (non-hydrogen) atoms. The molecule has 0 bridgehead atoms. The number of primary sulfonamides is 1. The maximum atomic E-state index is 11.0. The van der Waals surface area contributed by atoms with Gasteiger partial charge in [0.1, 0.15) is 0 Å². The average molecular weight is 211 g/mol. The standard InChI is InChI=1S/C10H13NO2S/c1-7-2-4-8(5-3-7)9-6-10(9)14(11,12)13/h2-5,9-10H,6H2,1H3,(H2,11,12,13)/t9-,10+/m0/s1. The van der Waals surface area contributed by atoms with E-state index in [9.17, 15) is 8.42 Å². The second-order valence-corrected chi connectivity index (χ2v) is 5.66. The highest BCUT2D eigenvalue weighted by molar-refractivity contribution is 7.90. The Bertz CT molecular complexity index is 436. The van der Waals surface area contributed by atoms with Crippen molar-refractivity contribution in [3.63, 3.8) is 0 Å². The van der Waals surface area contributed by atoms with Gasteiger partial charge in [-0.1, -0.05) is 29.8 Å². The minimum absolute atomic E-state index is 0.116. The first-order chi connectivity index (χ1) is 6.48. The summed E-state index contributed by atoms with van der Waals surface area (Å²) in [5, 5.41) is 4.71. The fraction of sp³-hybridized carbons (Fsp3) is 0.400. The van der Waals surface area contributed by atoms with Crippen molar-refractivity contribution in [1.82, 2.24) is 0 Å². The van der Waals surface area contributed by atoms with Gasteiger partial charge in [-0.15, -0.1) is 0 Å². The van der Waals surface area contributed by atoms with E-state index in [4.69, 9.17) is 5.14 Å². The van der Waals surface area contributed by atoms with E-state index in [-0.39, 0.29) is 11.2 Å². The molecular formula is C10H13NO2S. The van der Waals surface area contributed by atoms with Crippen molar-refractivity contribution in [2.24, 2.45) is 5.14 Å². The van der Waals surface area contributed by atoms with Crippen molar-refractivity contribution < 1.29 is 8.42 Å². The molecule has 0 unspecified atom stereocenters. The van der Waals surface area contributed by atoms with Gasteiger partial charge in [-0.2, -0.15) is 0 Å². The van der Waals surface area contributed by atoms with E-state index in [0.29, 0.717) is 6.42 Å². The Morgan fingerprint density at radius 1 is 1.29 bits per heavy atom. The van der Waals surface area contributed by atoms with Gasteiger partial charge in [0.15, 0.2) is 0 Å². The molecular weight excluding hydrogens is 198 g/mol. The molecule has 0 saturated heterocycles. The molecule has 0 radical (unpaired) electrons. The molecule has 1 aliphatic rings. The zero-order valence-electron chi connectivity index (χ0n) is 7.97. The fourth-order valence-corrected chi connectivity index (χ4v) is 2.79. The van der Waals surface area contributed by atoms with Gasteiger partial charge in [0.25, 0.3) is 0 Å². The molecule has 76 valence electrons. The Balaban J connectivity index is 2.18. The first kappa shape index (κ1) is 9.68. The van der Waals surface area contributed by atoms with Gasteiger partial charge in [0.05, 0.1) is 5.25 Å². The Morgan fingerprint density at radius 2 is 1.86 bits per heavy atom. The summed E-state index contributed by atoms with van der Waals surface area (Å²) in [5.74, 6) is 0.116. The van der Waals surface area contributed by atoms with Crippen LogP contribution in [0.4, 0.5) is 0 Å². The molecule has 1 aliphatic carbocycles. The molecule has 1 aromatic carbocycles. The molecule has 1 saturated carbocycles. The summed E-state index contributed by atoms with van der Waals surface area (Å²) in [6, 6.07) is 7.94. The van der Waals surface area contributed by atoms with E-state index in [2.05, 4.69) is 0 Å². The van der Waals surface area contributed by atoms with E-state index in [1.165, 1.54) is 5.56 Å². The van der Waals surface area contributed by atoms with Crippen molar-refractivity contribution in [3.8, 4) is 0 Å². The zero-order valence-corrected chi connectivity index (χ0v) is 8.79. The quantitative estimate of drug-likeness (QED) is 0.797. The highest BCUT2D eigenvalue weighted by Gasteiger charge is 2.46. The molecule has 1 fully saturated rings. The van der Waals surface area contributed by atoms with Crippen LogP contribution in [0, 0.1) is 6.92 Å². The van der Waals surface area contributed by atoms with Gasteiger partial charge >= 0.3 is 0 Å².